The molecule has 1 unspecified atom stereocenters. The van der Waals surface area contributed by atoms with E-state index in [4.69, 9.17) is 4.98 Å². The molecule has 3 nitrogen and oxygen atoms in total. The molecule has 0 aliphatic rings. The van der Waals surface area contributed by atoms with Crippen LogP contribution in [0.25, 0.3) is 17.2 Å². The zero-order chi connectivity index (χ0) is 28.0. The highest BCUT2D eigenvalue weighted by Gasteiger charge is 2.37. The van der Waals surface area contributed by atoms with Crippen LogP contribution in [0.2, 0.25) is 0 Å². The fraction of sp³-hybridized carbons (Fsp3) is 0.135. The van der Waals surface area contributed by atoms with E-state index < -0.39 is 11.0 Å². The molecular formula is C37H33N3. The Hall–Kier alpha value is -4.94. The highest BCUT2D eigenvalue weighted by Crippen LogP contribution is 2.42. The van der Waals surface area contributed by atoms with Crippen LogP contribution in [0.5, 0.6) is 0 Å². The Morgan fingerprint density at radius 3 is 1.77 bits per heavy atom. The van der Waals surface area contributed by atoms with Gasteiger partial charge < -0.3 is 5.32 Å². The molecule has 196 valence electrons. The summed E-state index contributed by atoms with van der Waals surface area (Å²) >= 11 is 0. The van der Waals surface area contributed by atoms with Crippen LogP contribution in [-0.4, -0.2) is 4.98 Å². The molecule has 3 heteroatoms. The first-order chi connectivity index (χ1) is 19.6. The van der Waals surface area contributed by atoms with Crippen LogP contribution in [0.4, 0.5) is 5.82 Å². The van der Waals surface area contributed by atoms with Gasteiger partial charge in [0.25, 0.3) is 0 Å². The van der Waals surface area contributed by atoms with Crippen molar-refractivity contribution >= 4 is 11.9 Å². The second kappa shape index (κ2) is 11.4. The first kappa shape index (κ1) is 26.7. The maximum absolute atomic E-state index is 9.91. The number of nitrogens with zero attached hydrogens (tertiary/aromatic N) is 2. The van der Waals surface area contributed by atoms with Crippen LogP contribution in [0, 0.1) is 11.3 Å². The summed E-state index contributed by atoms with van der Waals surface area (Å²) in [6, 6.07) is 44.3. The van der Waals surface area contributed by atoms with Gasteiger partial charge in [-0.3, -0.25) is 0 Å². The predicted molar refractivity (Wildman–Crippen MR) is 166 cm³/mol. The fourth-order valence-corrected chi connectivity index (χ4v) is 5.37. The average molecular weight is 520 g/mol. The lowest BCUT2D eigenvalue weighted by molar-refractivity contribution is 0.587. The van der Waals surface area contributed by atoms with Crippen molar-refractivity contribution in [1.29, 1.82) is 5.26 Å². The Morgan fingerprint density at radius 2 is 1.30 bits per heavy atom. The van der Waals surface area contributed by atoms with E-state index >= 15 is 0 Å². The first-order valence-corrected chi connectivity index (χ1v) is 13.6. The Kier molecular flexibility index (Phi) is 7.62. The number of anilines is 1. The minimum absolute atomic E-state index is 0.554. The van der Waals surface area contributed by atoms with Crippen molar-refractivity contribution in [3.05, 3.63) is 162 Å². The summed E-state index contributed by atoms with van der Waals surface area (Å²) in [6.45, 7) is 8.24. The van der Waals surface area contributed by atoms with Gasteiger partial charge in [0.1, 0.15) is 11.4 Å². The molecule has 0 amide bonds. The van der Waals surface area contributed by atoms with Crippen molar-refractivity contribution < 1.29 is 0 Å². The Labute approximate surface area is 237 Å². The fourth-order valence-electron chi connectivity index (χ4n) is 5.37. The molecule has 0 aliphatic heterocycles. The smallest absolute Gasteiger partial charge is 0.135 e. The topological polar surface area (TPSA) is 48.7 Å². The van der Waals surface area contributed by atoms with Crippen LogP contribution >= 0.6 is 0 Å². The van der Waals surface area contributed by atoms with E-state index in [0.717, 1.165) is 51.2 Å². The van der Waals surface area contributed by atoms with Crippen LogP contribution < -0.4 is 5.32 Å². The maximum Gasteiger partial charge on any atom is 0.135 e. The summed E-state index contributed by atoms with van der Waals surface area (Å²) in [5.74, 6) is 0.730. The predicted octanol–water partition coefficient (Wildman–Crippen LogP) is 8.99. The molecule has 0 bridgehead atoms. The molecule has 1 N–H and O–H groups in total. The van der Waals surface area contributed by atoms with Gasteiger partial charge in [-0.15, -0.1) is 0 Å². The van der Waals surface area contributed by atoms with E-state index in [-0.39, 0.29) is 0 Å². The third-order valence-corrected chi connectivity index (χ3v) is 7.89. The summed E-state index contributed by atoms with van der Waals surface area (Å²) in [5, 5.41) is 13.8. The minimum Gasteiger partial charge on any atom is -0.352 e. The number of nitriles is 1. The number of hydrogen-bond acceptors (Lipinski definition) is 3. The van der Waals surface area contributed by atoms with Gasteiger partial charge in [-0.05, 0) is 58.9 Å². The van der Waals surface area contributed by atoms with Crippen molar-refractivity contribution in [2.24, 2.45) is 0 Å². The van der Waals surface area contributed by atoms with Gasteiger partial charge in [-0.25, -0.2) is 4.98 Å². The minimum atomic E-state index is -0.712. The van der Waals surface area contributed by atoms with E-state index in [9.17, 15) is 5.26 Å². The average Bonchev–Trinajstić information content (AvgIpc) is 3.04. The van der Waals surface area contributed by atoms with E-state index in [0.29, 0.717) is 0 Å². The molecule has 4 aromatic carbocycles. The molecule has 0 spiro atoms. The largest absolute Gasteiger partial charge is 0.352 e. The van der Waals surface area contributed by atoms with Gasteiger partial charge in [-0.2, -0.15) is 5.26 Å². The van der Waals surface area contributed by atoms with E-state index in [1.165, 1.54) is 0 Å². The number of nitrogens with one attached hydrogen (secondary N) is 1. The number of benzene rings is 4. The maximum atomic E-state index is 9.91. The molecule has 1 heterocycles. The Morgan fingerprint density at radius 1 is 0.775 bits per heavy atom. The van der Waals surface area contributed by atoms with Gasteiger partial charge >= 0.3 is 0 Å². The van der Waals surface area contributed by atoms with Crippen molar-refractivity contribution in [2.75, 3.05) is 5.32 Å². The van der Waals surface area contributed by atoms with Gasteiger partial charge in [-0.1, -0.05) is 129 Å². The lowest BCUT2D eigenvalue weighted by Crippen LogP contribution is -2.38. The van der Waals surface area contributed by atoms with Crippen LogP contribution in [-0.2, 0) is 11.0 Å². The van der Waals surface area contributed by atoms with Gasteiger partial charge in [0, 0.05) is 11.8 Å². The second-order valence-electron chi connectivity index (χ2n) is 10.2. The second-order valence-corrected chi connectivity index (χ2v) is 10.2. The molecule has 40 heavy (non-hydrogen) atoms. The number of pyridine rings is 1. The zero-order valence-electron chi connectivity index (χ0n) is 23.0. The van der Waals surface area contributed by atoms with Crippen molar-refractivity contribution in [2.45, 2.75) is 31.2 Å². The molecule has 1 aromatic heterocycles. The van der Waals surface area contributed by atoms with E-state index in [2.05, 4.69) is 110 Å². The molecule has 5 aromatic rings. The summed E-state index contributed by atoms with van der Waals surface area (Å²) in [5.41, 5.74) is 5.98. The standard InChI is InChI=1S/C37H33N3/c1-4-33-34(28-16-15-23-32(26-28)36(3,5-2)27-38)24-25-39-35(33)40-37(29-17-9-6-10-18-29,30-19-11-7-12-20-30)31-21-13-8-14-22-31/h4,6-26H,1,5H2,2-3H3,(H,39,40). The monoisotopic (exact) mass is 519 g/mol. The normalized spacial score (nSPS) is 12.6. The number of aromatic nitrogens is 1. The summed E-state index contributed by atoms with van der Waals surface area (Å²) in [7, 11) is 0. The Balaban J connectivity index is 1.73. The third-order valence-electron chi connectivity index (χ3n) is 7.89. The van der Waals surface area contributed by atoms with Gasteiger partial charge in [0.05, 0.1) is 11.5 Å². The summed E-state index contributed by atoms with van der Waals surface area (Å²) in [4.78, 5) is 4.87. The van der Waals surface area contributed by atoms with Crippen LogP contribution in [0.1, 0.15) is 48.1 Å². The van der Waals surface area contributed by atoms with Crippen LogP contribution in [0.15, 0.2) is 134 Å². The number of rotatable bonds is 9. The molecule has 0 aliphatic carbocycles. The van der Waals surface area contributed by atoms with Gasteiger partial charge in [0.2, 0.25) is 0 Å². The van der Waals surface area contributed by atoms with Crippen molar-refractivity contribution in [3.63, 3.8) is 0 Å². The molecule has 0 radical (unpaired) electrons. The summed E-state index contributed by atoms with van der Waals surface area (Å²) in [6.07, 6.45) is 4.44. The van der Waals surface area contributed by atoms with Crippen LogP contribution in [0.3, 0.4) is 0 Å². The van der Waals surface area contributed by atoms with Gasteiger partial charge in [0.15, 0.2) is 0 Å². The highest BCUT2D eigenvalue weighted by molar-refractivity contribution is 5.82. The molecule has 5 rings (SSSR count). The molecular weight excluding hydrogens is 486 g/mol. The number of hydrogen-bond donors (Lipinski definition) is 1. The van der Waals surface area contributed by atoms with Crippen molar-refractivity contribution in [3.8, 4) is 17.2 Å². The highest BCUT2D eigenvalue weighted by atomic mass is 15.1. The van der Waals surface area contributed by atoms with E-state index in [1.54, 1.807) is 0 Å². The SMILES string of the molecule is C=Cc1c(-c2cccc(C(C)(C#N)CC)c2)ccnc1NC(c1ccccc1)(c1ccccc1)c1ccccc1. The van der Waals surface area contributed by atoms with Crippen molar-refractivity contribution in [1.82, 2.24) is 4.98 Å². The molecule has 0 saturated carbocycles. The first-order valence-electron chi connectivity index (χ1n) is 13.6. The third kappa shape index (κ3) is 4.81. The molecule has 1 atom stereocenters. The summed E-state index contributed by atoms with van der Waals surface area (Å²) < 4.78 is 0. The molecule has 0 fully saturated rings. The lowest BCUT2D eigenvalue weighted by Gasteiger charge is -2.38. The zero-order valence-corrected chi connectivity index (χ0v) is 23.0. The molecule has 0 saturated heterocycles. The van der Waals surface area contributed by atoms with E-state index in [1.807, 2.05) is 55.6 Å². The Bertz CT molecular complexity index is 1540. The quantitative estimate of drug-likeness (QED) is 0.198. The lowest BCUT2D eigenvalue weighted by atomic mass is 9.76.